The second kappa shape index (κ2) is 4.97. The SMILES string of the molecule is CC(CCSC1CC1)CSC1CC1. The maximum Gasteiger partial charge on any atom is 0.00479 e. The Kier molecular flexibility index (Phi) is 3.91. The van der Waals surface area contributed by atoms with E-state index in [2.05, 4.69) is 30.4 Å². The lowest BCUT2D eigenvalue weighted by Gasteiger charge is -2.09. The van der Waals surface area contributed by atoms with E-state index >= 15 is 0 Å². The minimum atomic E-state index is 0.955. The Balaban J connectivity index is 1.42. The first-order chi connectivity index (χ1) is 6.34. The van der Waals surface area contributed by atoms with E-state index in [-0.39, 0.29) is 0 Å². The molecule has 2 saturated carbocycles. The van der Waals surface area contributed by atoms with E-state index < -0.39 is 0 Å². The highest BCUT2D eigenvalue weighted by Gasteiger charge is 2.23. The van der Waals surface area contributed by atoms with Crippen LogP contribution in [0, 0.1) is 5.92 Å². The summed E-state index contributed by atoms with van der Waals surface area (Å²) in [6, 6.07) is 0. The smallest absolute Gasteiger partial charge is 0.00479 e. The van der Waals surface area contributed by atoms with Crippen LogP contribution in [0.4, 0.5) is 0 Å². The van der Waals surface area contributed by atoms with Gasteiger partial charge in [0.1, 0.15) is 0 Å². The van der Waals surface area contributed by atoms with Crippen LogP contribution < -0.4 is 0 Å². The predicted octanol–water partition coefficient (Wildman–Crippen LogP) is 3.80. The fourth-order valence-electron chi connectivity index (χ4n) is 1.29. The van der Waals surface area contributed by atoms with Crippen LogP contribution in [0.25, 0.3) is 0 Å². The third-order valence-electron chi connectivity index (χ3n) is 2.63. The first-order valence-electron chi connectivity index (χ1n) is 5.58. The molecule has 0 aliphatic heterocycles. The lowest BCUT2D eigenvalue weighted by molar-refractivity contribution is 0.643. The van der Waals surface area contributed by atoms with Crippen molar-refractivity contribution in [3.63, 3.8) is 0 Å². The number of hydrogen-bond donors (Lipinski definition) is 0. The van der Waals surface area contributed by atoms with Gasteiger partial charge in [-0.2, -0.15) is 23.5 Å². The summed E-state index contributed by atoms with van der Waals surface area (Å²) in [4.78, 5) is 0. The number of rotatable bonds is 7. The molecule has 0 aromatic heterocycles. The molecule has 2 rings (SSSR count). The number of hydrogen-bond acceptors (Lipinski definition) is 2. The lowest BCUT2D eigenvalue weighted by atomic mass is 10.2. The largest absolute Gasteiger partial charge is 0.159 e. The fraction of sp³-hybridized carbons (Fsp3) is 1.00. The Morgan fingerprint density at radius 1 is 1.08 bits per heavy atom. The van der Waals surface area contributed by atoms with Gasteiger partial charge in [0.05, 0.1) is 0 Å². The predicted molar refractivity (Wildman–Crippen MR) is 64.7 cm³/mol. The molecule has 0 N–H and O–H groups in total. The second-order valence-corrected chi connectivity index (χ2v) is 7.24. The summed E-state index contributed by atoms with van der Waals surface area (Å²) >= 11 is 4.43. The molecule has 2 fully saturated rings. The zero-order chi connectivity index (χ0) is 9.10. The van der Waals surface area contributed by atoms with Crippen LogP contribution in [0.3, 0.4) is 0 Å². The molecule has 0 nitrogen and oxygen atoms in total. The van der Waals surface area contributed by atoms with Crippen LogP contribution in [0.1, 0.15) is 39.0 Å². The zero-order valence-corrected chi connectivity index (χ0v) is 10.1. The highest BCUT2D eigenvalue weighted by Crippen LogP contribution is 2.37. The van der Waals surface area contributed by atoms with Crippen molar-refractivity contribution in [1.29, 1.82) is 0 Å². The van der Waals surface area contributed by atoms with Gasteiger partial charge in [-0.05, 0) is 49.5 Å². The molecule has 0 heterocycles. The van der Waals surface area contributed by atoms with Crippen LogP contribution >= 0.6 is 23.5 Å². The zero-order valence-electron chi connectivity index (χ0n) is 8.50. The molecule has 2 aliphatic carbocycles. The fourth-order valence-corrected chi connectivity index (χ4v) is 3.87. The summed E-state index contributed by atoms with van der Waals surface area (Å²) in [5.74, 6) is 3.78. The first-order valence-corrected chi connectivity index (χ1v) is 7.67. The average molecular weight is 216 g/mol. The standard InChI is InChI=1S/C11H20S2/c1-9(8-13-11-4-5-11)6-7-12-10-2-3-10/h9-11H,2-8H2,1H3. The van der Waals surface area contributed by atoms with Gasteiger partial charge in [0, 0.05) is 10.5 Å². The van der Waals surface area contributed by atoms with E-state index in [1.807, 2.05) is 0 Å². The van der Waals surface area contributed by atoms with E-state index in [4.69, 9.17) is 0 Å². The van der Waals surface area contributed by atoms with Crippen LogP contribution in [0.2, 0.25) is 0 Å². The molecule has 2 heteroatoms. The molecule has 0 bridgehead atoms. The quantitative estimate of drug-likeness (QED) is 0.635. The first kappa shape index (κ1) is 10.2. The molecule has 1 atom stereocenters. The minimum absolute atomic E-state index is 0.955. The van der Waals surface area contributed by atoms with Crippen LogP contribution in [-0.2, 0) is 0 Å². The normalized spacial score (nSPS) is 24.7. The van der Waals surface area contributed by atoms with Gasteiger partial charge in [0.2, 0.25) is 0 Å². The molecule has 0 spiro atoms. The second-order valence-electron chi connectivity index (χ2n) is 4.50. The highest BCUT2D eigenvalue weighted by atomic mass is 32.2. The summed E-state index contributed by atoms with van der Waals surface area (Å²) in [5.41, 5.74) is 0. The van der Waals surface area contributed by atoms with Crippen molar-refractivity contribution >= 4 is 23.5 Å². The lowest BCUT2D eigenvalue weighted by Crippen LogP contribution is -2.01. The van der Waals surface area contributed by atoms with E-state index in [0.29, 0.717) is 0 Å². The van der Waals surface area contributed by atoms with Crippen LogP contribution in [-0.4, -0.2) is 22.0 Å². The van der Waals surface area contributed by atoms with Gasteiger partial charge in [-0.25, -0.2) is 0 Å². The van der Waals surface area contributed by atoms with Gasteiger partial charge in [0.15, 0.2) is 0 Å². The average Bonchev–Trinajstić information content (AvgIpc) is 2.97. The topological polar surface area (TPSA) is 0 Å². The Labute approximate surface area is 90.6 Å². The van der Waals surface area contributed by atoms with Crippen molar-refractivity contribution in [2.45, 2.75) is 49.5 Å². The van der Waals surface area contributed by atoms with Gasteiger partial charge >= 0.3 is 0 Å². The minimum Gasteiger partial charge on any atom is -0.159 e. The highest BCUT2D eigenvalue weighted by molar-refractivity contribution is 8.00. The van der Waals surface area contributed by atoms with Crippen molar-refractivity contribution in [2.24, 2.45) is 5.92 Å². The Morgan fingerprint density at radius 2 is 1.69 bits per heavy atom. The third kappa shape index (κ3) is 4.64. The van der Waals surface area contributed by atoms with Gasteiger partial charge in [0.25, 0.3) is 0 Å². The maximum atomic E-state index is 2.42. The monoisotopic (exact) mass is 216 g/mol. The summed E-state index contributed by atoms with van der Waals surface area (Å²) in [6.45, 7) is 2.42. The van der Waals surface area contributed by atoms with Crippen molar-refractivity contribution in [2.75, 3.05) is 11.5 Å². The Bertz CT molecular complexity index is 150. The van der Waals surface area contributed by atoms with Crippen molar-refractivity contribution in [3.05, 3.63) is 0 Å². The summed E-state index contributed by atoms with van der Waals surface area (Å²) in [6.07, 6.45) is 7.43. The van der Waals surface area contributed by atoms with Gasteiger partial charge in [-0.3, -0.25) is 0 Å². The Hall–Kier alpha value is 0.700. The van der Waals surface area contributed by atoms with Gasteiger partial charge in [-0.15, -0.1) is 0 Å². The molecule has 2 aliphatic rings. The van der Waals surface area contributed by atoms with E-state index in [1.165, 1.54) is 43.6 Å². The van der Waals surface area contributed by atoms with Crippen molar-refractivity contribution in [1.82, 2.24) is 0 Å². The molecular formula is C11H20S2. The van der Waals surface area contributed by atoms with E-state index in [1.54, 1.807) is 0 Å². The molecule has 13 heavy (non-hydrogen) atoms. The molecule has 1 unspecified atom stereocenters. The maximum absolute atomic E-state index is 2.42. The molecule has 0 radical (unpaired) electrons. The van der Waals surface area contributed by atoms with Crippen LogP contribution in [0.15, 0.2) is 0 Å². The summed E-state index contributed by atoms with van der Waals surface area (Å²) in [7, 11) is 0. The van der Waals surface area contributed by atoms with Gasteiger partial charge < -0.3 is 0 Å². The molecule has 0 aromatic carbocycles. The number of thioether (sulfide) groups is 2. The summed E-state index contributed by atoms with van der Waals surface area (Å²) in [5, 5.41) is 2.11. The molecule has 0 saturated heterocycles. The van der Waals surface area contributed by atoms with E-state index in [0.717, 1.165) is 16.4 Å². The Morgan fingerprint density at radius 3 is 2.31 bits per heavy atom. The molecular weight excluding hydrogens is 196 g/mol. The molecule has 0 amide bonds. The van der Waals surface area contributed by atoms with Crippen molar-refractivity contribution in [3.8, 4) is 0 Å². The van der Waals surface area contributed by atoms with Gasteiger partial charge in [-0.1, -0.05) is 6.92 Å². The molecule has 0 aromatic rings. The van der Waals surface area contributed by atoms with Crippen LogP contribution in [0.5, 0.6) is 0 Å². The van der Waals surface area contributed by atoms with Crippen molar-refractivity contribution < 1.29 is 0 Å². The summed E-state index contributed by atoms with van der Waals surface area (Å²) < 4.78 is 0. The third-order valence-corrected chi connectivity index (χ3v) is 5.75. The van der Waals surface area contributed by atoms with E-state index in [9.17, 15) is 0 Å². The molecule has 76 valence electrons.